The number of pyridine rings is 1. The van der Waals surface area contributed by atoms with E-state index in [0.29, 0.717) is 23.6 Å². The molecule has 0 saturated carbocycles. The van der Waals surface area contributed by atoms with Gasteiger partial charge in [-0.05, 0) is 29.8 Å². The van der Waals surface area contributed by atoms with Crippen LogP contribution in [0, 0.1) is 22.7 Å². The van der Waals surface area contributed by atoms with Crippen molar-refractivity contribution in [2.45, 2.75) is 6.54 Å². The SMILES string of the molecule is COc1cc(C#N)ccc1NCc1ccnc(C#N)c1. The molecule has 0 radical (unpaired) electrons. The number of nitriles is 2. The van der Waals surface area contributed by atoms with Crippen LogP contribution in [0.4, 0.5) is 5.69 Å². The number of nitrogens with zero attached hydrogens (tertiary/aromatic N) is 3. The predicted molar refractivity (Wildman–Crippen MR) is 74.0 cm³/mol. The molecule has 0 atom stereocenters. The standard InChI is InChI=1S/C15H12N4O/c1-20-15-7-11(8-16)2-3-14(15)19-10-12-4-5-18-13(6-12)9-17/h2-7,19H,10H2,1H3. The number of methoxy groups -OCH3 is 1. The predicted octanol–water partition coefficient (Wildman–Crippen LogP) is 2.45. The topological polar surface area (TPSA) is 81.7 Å². The number of ether oxygens (including phenoxy) is 1. The van der Waals surface area contributed by atoms with Crippen LogP contribution in [-0.2, 0) is 6.54 Å². The summed E-state index contributed by atoms with van der Waals surface area (Å²) in [5.41, 5.74) is 2.67. The van der Waals surface area contributed by atoms with E-state index in [9.17, 15) is 0 Å². The highest BCUT2D eigenvalue weighted by molar-refractivity contribution is 5.59. The Bertz CT molecular complexity index is 698. The molecule has 2 rings (SSSR count). The Morgan fingerprint density at radius 2 is 2.05 bits per heavy atom. The molecule has 0 unspecified atom stereocenters. The van der Waals surface area contributed by atoms with Crippen LogP contribution in [0.5, 0.6) is 5.75 Å². The zero-order chi connectivity index (χ0) is 14.4. The molecule has 0 saturated heterocycles. The summed E-state index contributed by atoms with van der Waals surface area (Å²) >= 11 is 0. The second-order valence-electron chi connectivity index (χ2n) is 4.04. The first-order valence-electron chi connectivity index (χ1n) is 5.94. The average molecular weight is 264 g/mol. The van der Waals surface area contributed by atoms with Crippen LogP contribution in [0.25, 0.3) is 0 Å². The molecule has 0 spiro atoms. The second-order valence-corrected chi connectivity index (χ2v) is 4.04. The van der Waals surface area contributed by atoms with Crippen molar-refractivity contribution < 1.29 is 4.74 Å². The van der Waals surface area contributed by atoms with Crippen molar-refractivity contribution >= 4 is 5.69 Å². The molecule has 0 bridgehead atoms. The van der Waals surface area contributed by atoms with E-state index in [0.717, 1.165) is 11.3 Å². The summed E-state index contributed by atoms with van der Waals surface area (Å²) in [7, 11) is 1.56. The van der Waals surface area contributed by atoms with Gasteiger partial charge < -0.3 is 10.1 Å². The zero-order valence-corrected chi connectivity index (χ0v) is 10.9. The van der Waals surface area contributed by atoms with E-state index in [2.05, 4.69) is 16.4 Å². The zero-order valence-electron chi connectivity index (χ0n) is 10.9. The number of hydrogen-bond donors (Lipinski definition) is 1. The Labute approximate surface area is 117 Å². The van der Waals surface area contributed by atoms with Crippen molar-refractivity contribution in [2.75, 3.05) is 12.4 Å². The van der Waals surface area contributed by atoms with Crippen LogP contribution >= 0.6 is 0 Å². The molecule has 1 heterocycles. The Morgan fingerprint density at radius 1 is 1.20 bits per heavy atom. The fraction of sp³-hybridized carbons (Fsp3) is 0.133. The van der Waals surface area contributed by atoms with Gasteiger partial charge in [0.1, 0.15) is 17.5 Å². The number of benzene rings is 1. The van der Waals surface area contributed by atoms with Gasteiger partial charge in [-0.3, -0.25) is 0 Å². The van der Waals surface area contributed by atoms with Crippen molar-refractivity contribution in [3.8, 4) is 17.9 Å². The van der Waals surface area contributed by atoms with E-state index in [4.69, 9.17) is 15.3 Å². The molecule has 2 aromatic rings. The van der Waals surface area contributed by atoms with Crippen LogP contribution in [0.3, 0.4) is 0 Å². The summed E-state index contributed by atoms with van der Waals surface area (Å²) in [6, 6.07) is 12.8. The summed E-state index contributed by atoms with van der Waals surface area (Å²) < 4.78 is 5.24. The minimum absolute atomic E-state index is 0.385. The summed E-state index contributed by atoms with van der Waals surface area (Å²) in [6.07, 6.45) is 1.60. The summed E-state index contributed by atoms with van der Waals surface area (Å²) in [6.45, 7) is 0.541. The van der Waals surface area contributed by atoms with Crippen LogP contribution in [-0.4, -0.2) is 12.1 Å². The van der Waals surface area contributed by atoms with Gasteiger partial charge >= 0.3 is 0 Å². The van der Waals surface area contributed by atoms with Gasteiger partial charge in [0.2, 0.25) is 0 Å². The van der Waals surface area contributed by atoms with E-state index in [1.807, 2.05) is 12.1 Å². The molecule has 0 amide bonds. The third-order valence-electron chi connectivity index (χ3n) is 2.75. The third-order valence-corrected chi connectivity index (χ3v) is 2.75. The van der Waals surface area contributed by atoms with E-state index in [1.165, 1.54) is 0 Å². The maximum Gasteiger partial charge on any atom is 0.143 e. The monoisotopic (exact) mass is 264 g/mol. The normalized spacial score (nSPS) is 9.35. The molecule has 98 valence electrons. The Kier molecular flexibility index (Phi) is 4.16. The fourth-order valence-corrected chi connectivity index (χ4v) is 1.75. The molecule has 5 heteroatoms. The van der Waals surface area contributed by atoms with Crippen molar-refractivity contribution in [3.63, 3.8) is 0 Å². The smallest absolute Gasteiger partial charge is 0.143 e. The summed E-state index contributed by atoms with van der Waals surface area (Å²) in [5.74, 6) is 0.610. The number of nitrogens with one attached hydrogen (secondary N) is 1. The van der Waals surface area contributed by atoms with Crippen molar-refractivity contribution in [1.29, 1.82) is 10.5 Å². The summed E-state index contributed by atoms with van der Waals surface area (Å²) in [4.78, 5) is 3.92. The highest BCUT2D eigenvalue weighted by atomic mass is 16.5. The lowest BCUT2D eigenvalue weighted by Crippen LogP contribution is -2.02. The Balaban J connectivity index is 2.15. The van der Waals surface area contributed by atoms with Gasteiger partial charge in [0.05, 0.1) is 24.4 Å². The number of anilines is 1. The fourth-order valence-electron chi connectivity index (χ4n) is 1.75. The Hall–Kier alpha value is -3.05. The lowest BCUT2D eigenvalue weighted by molar-refractivity contribution is 0.416. The van der Waals surface area contributed by atoms with Gasteiger partial charge in [0.15, 0.2) is 0 Å². The molecule has 20 heavy (non-hydrogen) atoms. The maximum atomic E-state index is 8.85. The van der Waals surface area contributed by atoms with E-state index >= 15 is 0 Å². The first kappa shape index (κ1) is 13.4. The largest absolute Gasteiger partial charge is 0.495 e. The highest BCUT2D eigenvalue weighted by Crippen LogP contribution is 2.25. The van der Waals surface area contributed by atoms with Crippen molar-refractivity contribution in [1.82, 2.24) is 4.98 Å². The van der Waals surface area contributed by atoms with Gasteiger partial charge in [0.25, 0.3) is 0 Å². The number of rotatable bonds is 4. The second kappa shape index (κ2) is 6.21. The van der Waals surface area contributed by atoms with Crippen molar-refractivity contribution in [2.24, 2.45) is 0 Å². The van der Waals surface area contributed by atoms with Gasteiger partial charge in [-0.1, -0.05) is 0 Å². The Morgan fingerprint density at radius 3 is 2.75 bits per heavy atom. The lowest BCUT2D eigenvalue weighted by Gasteiger charge is -2.11. The number of hydrogen-bond acceptors (Lipinski definition) is 5. The molecule has 0 fully saturated rings. The molecule has 5 nitrogen and oxygen atoms in total. The lowest BCUT2D eigenvalue weighted by atomic mass is 10.2. The van der Waals surface area contributed by atoms with E-state index < -0.39 is 0 Å². The van der Waals surface area contributed by atoms with Crippen LogP contribution in [0.15, 0.2) is 36.5 Å². The molecule has 1 aromatic heterocycles. The molecule has 0 aliphatic carbocycles. The molecular weight excluding hydrogens is 252 g/mol. The molecule has 1 aromatic carbocycles. The summed E-state index contributed by atoms with van der Waals surface area (Å²) in [5, 5.41) is 20.9. The van der Waals surface area contributed by atoms with E-state index in [-0.39, 0.29) is 0 Å². The van der Waals surface area contributed by atoms with E-state index in [1.54, 1.807) is 37.6 Å². The van der Waals surface area contributed by atoms with Gasteiger partial charge in [0, 0.05) is 18.8 Å². The molecular formula is C15H12N4O. The van der Waals surface area contributed by atoms with Crippen LogP contribution in [0.2, 0.25) is 0 Å². The minimum atomic E-state index is 0.385. The molecule has 1 N–H and O–H groups in total. The maximum absolute atomic E-state index is 8.85. The van der Waals surface area contributed by atoms with Crippen LogP contribution < -0.4 is 10.1 Å². The number of aromatic nitrogens is 1. The quantitative estimate of drug-likeness (QED) is 0.917. The van der Waals surface area contributed by atoms with Gasteiger partial charge in [-0.15, -0.1) is 0 Å². The first-order chi connectivity index (χ1) is 9.76. The van der Waals surface area contributed by atoms with Crippen molar-refractivity contribution in [3.05, 3.63) is 53.3 Å². The highest BCUT2D eigenvalue weighted by Gasteiger charge is 2.04. The first-order valence-corrected chi connectivity index (χ1v) is 5.94. The third kappa shape index (κ3) is 3.04. The minimum Gasteiger partial charge on any atom is -0.495 e. The van der Waals surface area contributed by atoms with Gasteiger partial charge in [-0.2, -0.15) is 10.5 Å². The van der Waals surface area contributed by atoms with Gasteiger partial charge in [-0.25, -0.2) is 4.98 Å². The average Bonchev–Trinajstić information content (AvgIpc) is 2.52. The molecule has 0 aliphatic rings. The molecule has 0 aliphatic heterocycles. The van der Waals surface area contributed by atoms with Crippen LogP contribution in [0.1, 0.15) is 16.8 Å².